The molecule has 4 N–H and O–H groups in total. The van der Waals surface area contributed by atoms with Crippen LogP contribution in [0.2, 0.25) is 0 Å². The van der Waals surface area contributed by atoms with Crippen molar-refractivity contribution in [3.05, 3.63) is 65.0 Å². The molecule has 0 saturated heterocycles. The molecule has 8 heteroatoms. The van der Waals surface area contributed by atoms with Gasteiger partial charge in [0.05, 0.1) is 19.3 Å². The van der Waals surface area contributed by atoms with Gasteiger partial charge in [-0.15, -0.1) is 0 Å². The van der Waals surface area contributed by atoms with Crippen LogP contribution >= 0.6 is 0 Å². The maximum absolute atomic E-state index is 13.1. The van der Waals surface area contributed by atoms with Gasteiger partial charge in [-0.1, -0.05) is 37.1 Å². The van der Waals surface area contributed by atoms with E-state index in [4.69, 9.17) is 19.6 Å². The number of ether oxygens (including phenoxy) is 2. The number of hydrogen-bond donors (Lipinski definition) is 3. The van der Waals surface area contributed by atoms with Crippen LogP contribution in [0.15, 0.2) is 47.0 Å². The van der Waals surface area contributed by atoms with Gasteiger partial charge in [0, 0.05) is 47.1 Å². The van der Waals surface area contributed by atoms with Crippen molar-refractivity contribution in [2.45, 2.75) is 45.6 Å². The van der Waals surface area contributed by atoms with E-state index in [1.54, 1.807) is 20.0 Å². The van der Waals surface area contributed by atoms with Crippen LogP contribution in [0.3, 0.4) is 0 Å². The highest BCUT2D eigenvalue weighted by Gasteiger charge is 2.31. The van der Waals surface area contributed by atoms with E-state index < -0.39 is 12.0 Å². The van der Waals surface area contributed by atoms with Gasteiger partial charge in [-0.05, 0) is 44.2 Å². The summed E-state index contributed by atoms with van der Waals surface area (Å²) in [5.41, 5.74) is 8.08. The summed E-state index contributed by atoms with van der Waals surface area (Å²) in [5, 5.41) is 17.1. The van der Waals surface area contributed by atoms with Gasteiger partial charge < -0.3 is 30.0 Å². The number of hydrogen-bond acceptors (Lipinski definition) is 8. The van der Waals surface area contributed by atoms with Crippen molar-refractivity contribution >= 4 is 27.7 Å². The number of phenols is 1. The average Bonchev–Trinajstić information content (AvgIpc) is 3.57. The lowest BCUT2D eigenvalue weighted by molar-refractivity contribution is 0.0526. The highest BCUT2D eigenvalue weighted by Crippen LogP contribution is 2.45. The van der Waals surface area contributed by atoms with Crippen LogP contribution < -0.4 is 15.8 Å². The number of aromatic hydroxyl groups is 1. The zero-order chi connectivity index (χ0) is 26.6. The van der Waals surface area contributed by atoms with Crippen LogP contribution in [-0.2, 0) is 4.74 Å². The summed E-state index contributed by atoms with van der Waals surface area (Å²) in [6.45, 7) is 5.23. The van der Waals surface area contributed by atoms with E-state index in [9.17, 15) is 9.90 Å². The summed E-state index contributed by atoms with van der Waals surface area (Å²) in [6.07, 6.45) is 6.56. The van der Waals surface area contributed by atoms with Crippen LogP contribution in [0.5, 0.6) is 11.6 Å². The van der Waals surface area contributed by atoms with Crippen molar-refractivity contribution in [3.8, 4) is 11.6 Å². The number of nitrogens with two attached hydrogens (primary N) is 1. The van der Waals surface area contributed by atoms with Crippen LogP contribution in [0.25, 0.3) is 21.7 Å². The monoisotopic (exact) mass is 517 g/mol. The highest BCUT2D eigenvalue weighted by molar-refractivity contribution is 6.16. The minimum absolute atomic E-state index is 0.0687. The van der Waals surface area contributed by atoms with Crippen molar-refractivity contribution in [1.82, 2.24) is 10.3 Å². The van der Waals surface area contributed by atoms with Gasteiger partial charge in [0.15, 0.2) is 0 Å². The van der Waals surface area contributed by atoms with E-state index in [-0.39, 0.29) is 12.4 Å². The fraction of sp³-hybridized carbons (Fsp3) is 0.400. The summed E-state index contributed by atoms with van der Waals surface area (Å²) in [6, 6.07) is 10.7. The molecule has 0 aliphatic heterocycles. The SMILES string of the molecule is CCOC(=O)c1c(C)oc2c1c(C(NCCN)c1ccnc(OCC3CCCC3)c1)c(O)c1ccccc12. The molecule has 0 spiro atoms. The third-order valence-corrected chi connectivity index (χ3v) is 7.33. The number of rotatable bonds is 10. The Morgan fingerprint density at radius 1 is 1.24 bits per heavy atom. The number of aryl methyl sites for hydroxylation is 1. The number of esters is 1. The van der Waals surface area contributed by atoms with Gasteiger partial charge in [-0.25, -0.2) is 9.78 Å². The normalized spacial score (nSPS) is 14.8. The van der Waals surface area contributed by atoms with Crippen LogP contribution in [-0.4, -0.2) is 42.4 Å². The number of nitrogens with zero attached hydrogens (tertiary/aromatic N) is 1. The van der Waals surface area contributed by atoms with Gasteiger partial charge >= 0.3 is 5.97 Å². The molecule has 0 radical (unpaired) electrons. The third-order valence-electron chi connectivity index (χ3n) is 7.33. The zero-order valence-corrected chi connectivity index (χ0v) is 22.0. The molecule has 0 bridgehead atoms. The van der Waals surface area contributed by atoms with Crippen molar-refractivity contribution in [1.29, 1.82) is 0 Å². The molecule has 1 saturated carbocycles. The Morgan fingerprint density at radius 2 is 2.00 bits per heavy atom. The fourth-order valence-electron chi connectivity index (χ4n) is 5.55. The molecule has 2 aromatic carbocycles. The maximum atomic E-state index is 13.1. The summed E-state index contributed by atoms with van der Waals surface area (Å²) in [5.74, 6) is 1.09. The molecule has 5 rings (SSSR count). The number of nitrogens with one attached hydrogen (secondary N) is 1. The maximum Gasteiger partial charge on any atom is 0.342 e. The van der Waals surface area contributed by atoms with Crippen molar-refractivity contribution < 1.29 is 23.8 Å². The quantitative estimate of drug-likeness (QED) is 0.240. The minimum atomic E-state index is -0.521. The molecule has 1 aliphatic carbocycles. The van der Waals surface area contributed by atoms with Crippen LogP contribution in [0, 0.1) is 12.8 Å². The standard InChI is InChI=1S/C30H35N3O5/c1-3-36-30(35)24-18(2)38-29-22-11-7-6-10-21(22)28(34)26(25(24)29)27(33-15-13-31)20-12-14-32-23(16-20)37-17-19-8-4-5-9-19/h6-7,10-12,14,16,19,27,33-34H,3-5,8-9,13,15,17,31H2,1-2H3. The van der Waals surface area contributed by atoms with Crippen molar-refractivity contribution in [3.63, 3.8) is 0 Å². The molecule has 1 atom stereocenters. The molecule has 38 heavy (non-hydrogen) atoms. The Kier molecular flexibility index (Phi) is 7.81. The summed E-state index contributed by atoms with van der Waals surface area (Å²) >= 11 is 0. The first-order valence-corrected chi connectivity index (χ1v) is 13.4. The number of carbonyl (C=O) groups is 1. The van der Waals surface area contributed by atoms with Gasteiger partial charge in [-0.3, -0.25) is 0 Å². The Balaban J connectivity index is 1.69. The van der Waals surface area contributed by atoms with E-state index in [1.165, 1.54) is 25.7 Å². The number of carbonyl (C=O) groups excluding carboxylic acids is 1. The van der Waals surface area contributed by atoms with Crippen molar-refractivity contribution in [2.24, 2.45) is 11.7 Å². The third kappa shape index (κ3) is 4.93. The molecule has 1 unspecified atom stereocenters. The van der Waals surface area contributed by atoms with E-state index in [2.05, 4.69) is 10.3 Å². The smallest absolute Gasteiger partial charge is 0.342 e. The molecule has 0 amide bonds. The Hall–Kier alpha value is -3.62. The summed E-state index contributed by atoms with van der Waals surface area (Å²) < 4.78 is 17.7. The number of fused-ring (bicyclic) bond motifs is 3. The first-order valence-electron chi connectivity index (χ1n) is 13.4. The van der Waals surface area contributed by atoms with E-state index in [0.717, 1.165) is 10.9 Å². The molecule has 1 fully saturated rings. The number of furan rings is 1. The second-order valence-corrected chi connectivity index (χ2v) is 9.83. The largest absolute Gasteiger partial charge is 0.507 e. The lowest BCUT2D eigenvalue weighted by atomic mass is 9.90. The van der Waals surface area contributed by atoms with E-state index in [0.29, 0.717) is 64.7 Å². The zero-order valence-electron chi connectivity index (χ0n) is 22.0. The first kappa shape index (κ1) is 26.0. The molecular weight excluding hydrogens is 482 g/mol. The first-order chi connectivity index (χ1) is 18.5. The lowest BCUT2D eigenvalue weighted by Gasteiger charge is -2.23. The van der Waals surface area contributed by atoms with Crippen molar-refractivity contribution in [2.75, 3.05) is 26.3 Å². The molecule has 2 aromatic heterocycles. The Bertz CT molecular complexity index is 1440. The predicted molar refractivity (Wildman–Crippen MR) is 147 cm³/mol. The predicted octanol–water partition coefficient (Wildman–Crippen LogP) is 5.38. The van der Waals surface area contributed by atoms with Gasteiger partial charge in [0.1, 0.15) is 22.7 Å². The Morgan fingerprint density at radius 3 is 2.74 bits per heavy atom. The number of phenolic OH excluding ortho intramolecular Hbond substituents is 1. The molecule has 1 aliphatic rings. The second-order valence-electron chi connectivity index (χ2n) is 9.83. The average molecular weight is 518 g/mol. The van der Waals surface area contributed by atoms with Gasteiger partial charge in [0.2, 0.25) is 5.88 Å². The number of aromatic nitrogens is 1. The minimum Gasteiger partial charge on any atom is -0.507 e. The highest BCUT2D eigenvalue weighted by atomic mass is 16.5. The topological polar surface area (TPSA) is 120 Å². The van der Waals surface area contributed by atoms with E-state index in [1.807, 2.05) is 36.4 Å². The van der Waals surface area contributed by atoms with Crippen LogP contribution in [0.4, 0.5) is 0 Å². The molecule has 200 valence electrons. The van der Waals surface area contributed by atoms with Crippen LogP contribution in [0.1, 0.15) is 65.9 Å². The molecule has 2 heterocycles. The van der Waals surface area contributed by atoms with Gasteiger partial charge in [0.25, 0.3) is 0 Å². The fourth-order valence-corrected chi connectivity index (χ4v) is 5.55. The number of pyridine rings is 1. The second kappa shape index (κ2) is 11.4. The van der Waals surface area contributed by atoms with Gasteiger partial charge in [-0.2, -0.15) is 0 Å². The molecular formula is C30H35N3O5. The molecule has 4 aromatic rings. The lowest BCUT2D eigenvalue weighted by Crippen LogP contribution is -2.28. The van der Waals surface area contributed by atoms with E-state index >= 15 is 0 Å². The molecule has 8 nitrogen and oxygen atoms in total. The summed E-state index contributed by atoms with van der Waals surface area (Å²) in [7, 11) is 0. The number of benzene rings is 2. The Labute approximate surface area is 222 Å². The summed E-state index contributed by atoms with van der Waals surface area (Å²) in [4.78, 5) is 17.6.